The maximum atomic E-state index is 13.4. The molecule has 102 valence electrons. The summed E-state index contributed by atoms with van der Waals surface area (Å²) in [6.07, 6.45) is 3.49. The molecule has 0 amide bonds. The van der Waals surface area contributed by atoms with E-state index in [4.69, 9.17) is 0 Å². The van der Waals surface area contributed by atoms with Crippen molar-refractivity contribution in [2.45, 2.75) is 45.2 Å². The molecule has 0 spiro atoms. The number of rotatable bonds is 5. The summed E-state index contributed by atoms with van der Waals surface area (Å²) in [5.41, 5.74) is 1.79. The number of nitrogens with zero attached hydrogens (tertiary/aromatic N) is 2. The Balaban J connectivity index is 1.89. The summed E-state index contributed by atoms with van der Waals surface area (Å²) in [7, 11) is 0. The van der Waals surface area contributed by atoms with Crippen LogP contribution in [0.4, 0.5) is 4.39 Å². The highest BCUT2D eigenvalue weighted by Crippen LogP contribution is 2.23. The third-order valence-electron chi connectivity index (χ3n) is 3.60. The molecule has 1 N–H and O–H groups in total. The Morgan fingerprint density at radius 2 is 2.21 bits per heavy atom. The van der Waals surface area contributed by atoms with E-state index in [2.05, 4.69) is 28.7 Å². The summed E-state index contributed by atoms with van der Waals surface area (Å²) in [5.74, 6) is 0.848. The van der Waals surface area contributed by atoms with Crippen LogP contribution in [-0.4, -0.2) is 22.1 Å². The van der Waals surface area contributed by atoms with Crippen molar-refractivity contribution in [2.75, 3.05) is 6.54 Å². The monoisotopic (exact) mass is 261 g/mol. The minimum Gasteiger partial charge on any atom is -0.325 e. The minimum atomic E-state index is -0.197. The molecule has 0 saturated heterocycles. The molecule has 4 heteroatoms. The molecule has 1 fully saturated rings. The fourth-order valence-electron chi connectivity index (χ4n) is 2.54. The fraction of sp³-hybridized carbons (Fsp3) is 0.533. The Hall–Kier alpha value is -1.42. The zero-order chi connectivity index (χ0) is 13.4. The predicted molar refractivity (Wildman–Crippen MR) is 74.8 cm³/mol. The van der Waals surface area contributed by atoms with Gasteiger partial charge in [-0.3, -0.25) is 0 Å². The molecular weight excluding hydrogens is 241 g/mol. The molecule has 0 radical (unpaired) electrons. The molecule has 1 saturated carbocycles. The topological polar surface area (TPSA) is 29.9 Å². The SMILES string of the molecule is CC(C)n1c(CCNC2CC2)nc2ccc(F)cc21. The number of aromatic nitrogens is 2. The number of benzene rings is 1. The Morgan fingerprint density at radius 1 is 1.42 bits per heavy atom. The van der Waals surface area contributed by atoms with Crippen molar-refractivity contribution in [3.05, 3.63) is 29.8 Å². The van der Waals surface area contributed by atoms with Crippen molar-refractivity contribution in [1.82, 2.24) is 14.9 Å². The summed E-state index contributed by atoms with van der Waals surface area (Å²) >= 11 is 0. The standard InChI is InChI=1S/C15H20FN3/c1-10(2)19-14-9-11(16)3-6-13(14)18-15(19)7-8-17-12-4-5-12/h3,6,9-10,12,17H,4-5,7-8H2,1-2H3. The Labute approximate surface area is 112 Å². The van der Waals surface area contributed by atoms with Gasteiger partial charge in [0.05, 0.1) is 11.0 Å². The van der Waals surface area contributed by atoms with Gasteiger partial charge >= 0.3 is 0 Å². The number of hydrogen-bond acceptors (Lipinski definition) is 2. The van der Waals surface area contributed by atoms with Gasteiger partial charge in [-0.1, -0.05) is 0 Å². The fourth-order valence-corrected chi connectivity index (χ4v) is 2.54. The maximum absolute atomic E-state index is 13.4. The first kappa shape index (κ1) is 12.6. The lowest BCUT2D eigenvalue weighted by Crippen LogP contribution is -2.21. The molecule has 0 unspecified atom stereocenters. The van der Waals surface area contributed by atoms with Crippen molar-refractivity contribution in [3.63, 3.8) is 0 Å². The molecule has 0 atom stereocenters. The molecule has 3 rings (SSSR count). The third-order valence-corrected chi connectivity index (χ3v) is 3.60. The third kappa shape index (κ3) is 2.63. The molecule has 1 aromatic carbocycles. The van der Waals surface area contributed by atoms with E-state index in [9.17, 15) is 4.39 Å². The van der Waals surface area contributed by atoms with Gasteiger partial charge < -0.3 is 9.88 Å². The lowest BCUT2D eigenvalue weighted by atomic mass is 10.2. The van der Waals surface area contributed by atoms with Crippen LogP contribution in [0.2, 0.25) is 0 Å². The minimum absolute atomic E-state index is 0.197. The first-order valence-corrected chi connectivity index (χ1v) is 7.05. The molecule has 0 bridgehead atoms. The van der Waals surface area contributed by atoms with Gasteiger partial charge in [-0.05, 0) is 44.9 Å². The first-order chi connectivity index (χ1) is 9.15. The summed E-state index contributed by atoms with van der Waals surface area (Å²) in [4.78, 5) is 4.65. The van der Waals surface area contributed by atoms with E-state index in [1.807, 2.05) is 0 Å². The summed E-state index contributed by atoms with van der Waals surface area (Å²) in [6.45, 7) is 5.18. The van der Waals surface area contributed by atoms with Crippen LogP contribution in [0.15, 0.2) is 18.2 Å². The normalized spacial score (nSPS) is 15.6. The van der Waals surface area contributed by atoms with E-state index in [1.54, 1.807) is 12.1 Å². The van der Waals surface area contributed by atoms with Gasteiger partial charge in [0, 0.05) is 25.0 Å². The van der Waals surface area contributed by atoms with Crippen LogP contribution in [-0.2, 0) is 6.42 Å². The molecule has 1 aromatic heterocycles. The van der Waals surface area contributed by atoms with Gasteiger partial charge in [0.25, 0.3) is 0 Å². The number of halogens is 1. The van der Waals surface area contributed by atoms with Gasteiger partial charge in [0.15, 0.2) is 0 Å². The van der Waals surface area contributed by atoms with Crippen molar-refractivity contribution >= 4 is 11.0 Å². The van der Waals surface area contributed by atoms with Crippen LogP contribution in [0.3, 0.4) is 0 Å². The summed E-state index contributed by atoms with van der Waals surface area (Å²) in [5, 5.41) is 3.50. The lowest BCUT2D eigenvalue weighted by molar-refractivity contribution is 0.566. The molecule has 1 aliphatic carbocycles. The van der Waals surface area contributed by atoms with E-state index < -0.39 is 0 Å². The second-order valence-electron chi connectivity index (χ2n) is 5.60. The van der Waals surface area contributed by atoms with E-state index in [1.165, 1.54) is 18.9 Å². The average molecular weight is 261 g/mol. The molecule has 3 nitrogen and oxygen atoms in total. The summed E-state index contributed by atoms with van der Waals surface area (Å²) in [6, 6.07) is 5.84. The Bertz CT molecular complexity index is 584. The van der Waals surface area contributed by atoms with Gasteiger partial charge in [0.2, 0.25) is 0 Å². The second-order valence-corrected chi connectivity index (χ2v) is 5.60. The number of imidazole rings is 1. The van der Waals surface area contributed by atoms with Crippen LogP contribution in [0, 0.1) is 5.82 Å². The molecule has 1 heterocycles. The van der Waals surface area contributed by atoms with Crippen molar-refractivity contribution in [1.29, 1.82) is 0 Å². The van der Waals surface area contributed by atoms with Crippen LogP contribution in [0.25, 0.3) is 11.0 Å². The van der Waals surface area contributed by atoms with Crippen LogP contribution in [0.5, 0.6) is 0 Å². The van der Waals surface area contributed by atoms with Gasteiger partial charge in [0.1, 0.15) is 11.6 Å². The zero-order valence-electron chi connectivity index (χ0n) is 11.5. The molecule has 1 aliphatic rings. The maximum Gasteiger partial charge on any atom is 0.125 e. The average Bonchev–Trinajstić information content (AvgIpc) is 3.09. The van der Waals surface area contributed by atoms with Crippen molar-refractivity contribution in [2.24, 2.45) is 0 Å². The number of nitrogens with one attached hydrogen (secondary N) is 1. The van der Waals surface area contributed by atoms with E-state index in [-0.39, 0.29) is 5.82 Å². The second kappa shape index (κ2) is 4.93. The largest absolute Gasteiger partial charge is 0.325 e. The van der Waals surface area contributed by atoms with Crippen LogP contribution in [0.1, 0.15) is 38.6 Å². The lowest BCUT2D eigenvalue weighted by Gasteiger charge is -2.13. The molecular formula is C15H20FN3. The molecule has 19 heavy (non-hydrogen) atoms. The Kier molecular flexibility index (Phi) is 3.27. The van der Waals surface area contributed by atoms with E-state index in [0.717, 1.165) is 29.8 Å². The van der Waals surface area contributed by atoms with E-state index >= 15 is 0 Å². The Morgan fingerprint density at radius 3 is 2.89 bits per heavy atom. The summed E-state index contributed by atoms with van der Waals surface area (Å²) < 4.78 is 15.5. The zero-order valence-corrected chi connectivity index (χ0v) is 11.5. The number of hydrogen-bond donors (Lipinski definition) is 1. The number of fused-ring (bicyclic) bond motifs is 1. The van der Waals surface area contributed by atoms with Crippen molar-refractivity contribution < 1.29 is 4.39 Å². The van der Waals surface area contributed by atoms with Gasteiger partial charge in [-0.25, -0.2) is 9.37 Å². The van der Waals surface area contributed by atoms with Crippen molar-refractivity contribution in [3.8, 4) is 0 Å². The van der Waals surface area contributed by atoms with Gasteiger partial charge in [-0.2, -0.15) is 0 Å². The first-order valence-electron chi connectivity index (χ1n) is 7.05. The highest BCUT2D eigenvalue weighted by Gasteiger charge is 2.20. The highest BCUT2D eigenvalue weighted by atomic mass is 19.1. The van der Waals surface area contributed by atoms with Gasteiger partial charge in [-0.15, -0.1) is 0 Å². The highest BCUT2D eigenvalue weighted by molar-refractivity contribution is 5.76. The molecule has 0 aliphatic heterocycles. The quantitative estimate of drug-likeness (QED) is 0.896. The molecule has 2 aromatic rings. The smallest absolute Gasteiger partial charge is 0.125 e. The van der Waals surface area contributed by atoms with E-state index in [0.29, 0.717) is 12.1 Å². The van der Waals surface area contributed by atoms with Crippen LogP contribution < -0.4 is 5.32 Å². The van der Waals surface area contributed by atoms with Crippen LogP contribution >= 0.6 is 0 Å². The predicted octanol–water partition coefficient (Wildman–Crippen LogP) is 3.05.